The fourth-order valence-electron chi connectivity index (χ4n) is 3.34. The maximum atomic E-state index is 3.48. The van der Waals surface area contributed by atoms with Gasteiger partial charge < -0.3 is 5.32 Å². The molecule has 1 saturated heterocycles. The van der Waals surface area contributed by atoms with E-state index in [0.717, 1.165) is 11.2 Å². The molecule has 0 aromatic carbocycles. The number of hydrogen-bond acceptors (Lipinski definition) is 2. The Hall–Kier alpha value is -0.370. The van der Waals surface area contributed by atoms with Crippen LogP contribution in [0.3, 0.4) is 0 Å². The molecule has 2 aliphatic heterocycles. The summed E-state index contributed by atoms with van der Waals surface area (Å²) in [6.45, 7) is 6.74. The van der Waals surface area contributed by atoms with Gasteiger partial charge in [-0.1, -0.05) is 38.7 Å². The van der Waals surface area contributed by atoms with Gasteiger partial charge in [0.2, 0.25) is 0 Å². The lowest BCUT2D eigenvalue weighted by Crippen LogP contribution is -2.28. The molecular weight excluding hydrogens is 250 g/mol. The highest BCUT2D eigenvalue weighted by atomic mass is 32.2. The molecule has 0 aromatic heterocycles. The quantitative estimate of drug-likeness (QED) is 0.694. The molecule has 1 fully saturated rings. The predicted molar refractivity (Wildman–Crippen MR) is 87.5 cm³/mol. The molecule has 0 amide bonds. The molecule has 0 saturated carbocycles. The standard InChI is InChI=1S/C17H29NS/c1-4-5-6-7-8-15-9-10-19-17(15)16-11-13(2)18-14(3)12-16/h11-13,15,17-18H,4-10H2,1-3H3. The maximum absolute atomic E-state index is 3.48. The van der Waals surface area contributed by atoms with Crippen LogP contribution < -0.4 is 5.32 Å². The number of thioether (sulfide) groups is 1. The van der Waals surface area contributed by atoms with Crippen molar-refractivity contribution in [3.63, 3.8) is 0 Å². The topological polar surface area (TPSA) is 12.0 Å². The molecule has 2 rings (SSSR count). The van der Waals surface area contributed by atoms with Crippen LogP contribution in [-0.4, -0.2) is 17.0 Å². The van der Waals surface area contributed by atoms with Crippen LogP contribution in [0.15, 0.2) is 23.4 Å². The Bertz CT molecular complexity index is 345. The Balaban J connectivity index is 1.91. The number of hydrogen-bond donors (Lipinski definition) is 1. The summed E-state index contributed by atoms with van der Waals surface area (Å²) >= 11 is 2.18. The second kappa shape index (κ2) is 7.42. The molecule has 108 valence electrons. The monoisotopic (exact) mass is 279 g/mol. The zero-order valence-electron chi connectivity index (χ0n) is 12.7. The lowest BCUT2D eigenvalue weighted by atomic mass is 9.89. The highest BCUT2D eigenvalue weighted by Gasteiger charge is 2.30. The number of unbranched alkanes of at least 4 members (excludes halogenated alkanes) is 3. The lowest BCUT2D eigenvalue weighted by molar-refractivity contribution is 0.464. The summed E-state index contributed by atoms with van der Waals surface area (Å²) in [5.74, 6) is 2.28. The Labute approximate surface area is 123 Å². The minimum absolute atomic E-state index is 0.502. The van der Waals surface area contributed by atoms with E-state index in [-0.39, 0.29) is 0 Å². The summed E-state index contributed by atoms with van der Waals surface area (Å²) in [5.41, 5.74) is 2.92. The van der Waals surface area contributed by atoms with Crippen LogP contribution in [0, 0.1) is 5.92 Å². The van der Waals surface area contributed by atoms with Gasteiger partial charge in [0.05, 0.1) is 0 Å². The van der Waals surface area contributed by atoms with Crippen molar-refractivity contribution in [1.82, 2.24) is 5.32 Å². The molecule has 0 radical (unpaired) electrons. The van der Waals surface area contributed by atoms with Crippen LogP contribution in [0.5, 0.6) is 0 Å². The average Bonchev–Trinajstić information content (AvgIpc) is 2.82. The van der Waals surface area contributed by atoms with E-state index in [9.17, 15) is 0 Å². The first-order chi connectivity index (χ1) is 9.20. The van der Waals surface area contributed by atoms with Gasteiger partial charge >= 0.3 is 0 Å². The first-order valence-electron chi connectivity index (χ1n) is 7.99. The average molecular weight is 279 g/mol. The first-order valence-corrected chi connectivity index (χ1v) is 9.03. The summed E-state index contributed by atoms with van der Waals surface area (Å²) in [6.07, 6.45) is 13.3. The van der Waals surface area contributed by atoms with Gasteiger partial charge in [-0.3, -0.25) is 0 Å². The highest BCUT2D eigenvalue weighted by molar-refractivity contribution is 8.00. The molecule has 3 unspecified atom stereocenters. The van der Waals surface area contributed by atoms with Crippen LogP contribution in [-0.2, 0) is 0 Å². The van der Waals surface area contributed by atoms with Gasteiger partial charge in [0.15, 0.2) is 0 Å². The molecule has 3 atom stereocenters. The maximum Gasteiger partial charge on any atom is 0.0419 e. The van der Waals surface area contributed by atoms with Gasteiger partial charge in [0.25, 0.3) is 0 Å². The zero-order valence-corrected chi connectivity index (χ0v) is 13.6. The van der Waals surface area contributed by atoms with E-state index < -0.39 is 0 Å². The van der Waals surface area contributed by atoms with Gasteiger partial charge in [-0.15, -0.1) is 0 Å². The molecule has 2 aliphatic rings. The molecular formula is C17H29NS. The van der Waals surface area contributed by atoms with E-state index in [0.29, 0.717) is 6.04 Å². The van der Waals surface area contributed by atoms with Crippen molar-refractivity contribution in [2.45, 2.75) is 70.6 Å². The first kappa shape index (κ1) is 15.0. The third-order valence-electron chi connectivity index (χ3n) is 4.25. The lowest BCUT2D eigenvalue weighted by Gasteiger charge is -2.26. The number of dihydropyridines is 1. The molecule has 2 heterocycles. The van der Waals surface area contributed by atoms with Crippen molar-refractivity contribution in [3.05, 3.63) is 23.4 Å². The van der Waals surface area contributed by atoms with E-state index in [1.807, 2.05) is 0 Å². The normalized spacial score (nSPS) is 30.8. The van der Waals surface area contributed by atoms with Gasteiger partial charge in [0, 0.05) is 17.0 Å². The van der Waals surface area contributed by atoms with Crippen molar-refractivity contribution in [2.75, 3.05) is 5.75 Å². The van der Waals surface area contributed by atoms with Crippen molar-refractivity contribution >= 4 is 11.8 Å². The minimum atomic E-state index is 0.502. The fourth-order valence-corrected chi connectivity index (χ4v) is 4.91. The Morgan fingerprint density at radius 1 is 1.32 bits per heavy atom. The predicted octanol–water partition coefficient (Wildman–Crippen LogP) is 4.90. The smallest absolute Gasteiger partial charge is 0.0419 e. The summed E-state index contributed by atoms with van der Waals surface area (Å²) in [6, 6.07) is 0.502. The molecule has 0 aromatic rings. The van der Waals surface area contributed by atoms with Gasteiger partial charge in [-0.2, -0.15) is 11.8 Å². The molecule has 0 bridgehead atoms. The van der Waals surface area contributed by atoms with Crippen molar-refractivity contribution in [2.24, 2.45) is 5.92 Å². The third-order valence-corrected chi connectivity index (χ3v) is 5.74. The van der Waals surface area contributed by atoms with Crippen LogP contribution >= 0.6 is 11.8 Å². The minimum Gasteiger partial charge on any atom is -0.383 e. The summed E-state index contributed by atoms with van der Waals surface area (Å²) in [4.78, 5) is 0. The summed E-state index contributed by atoms with van der Waals surface area (Å²) in [7, 11) is 0. The number of allylic oxidation sites excluding steroid dienone is 2. The van der Waals surface area contributed by atoms with E-state index in [1.165, 1.54) is 50.0 Å². The summed E-state index contributed by atoms with van der Waals surface area (Å²) < 4.78 is 0. The van der Waals surface area contributed by atoms with E-state index in [4.69, 9.17) is 0 Å². The van der Waals surface area contributed by atoms with Crippen molar-refractivity contribution in [1.29, 1.82) is 0 Å². The van der Waals surface area contributed by atoms with Crippen LogP contribution in [0.2, 0.25) is 0 Å². The fraction of sp³-hybridized carbons (Fsp3) is 0.765. The second-order valence-electron chi connectivity index (χ2n) is 6.12. The Morgan fingerprint density at radius 2 is 2.16 bits per heavy atom. The van der Waals surface area contributed by atoms with E-state index in [2.05, 4.69) is 50.0 Å². The van der Waals surface area contributed by atoms with Crippen LogP contribution in [0.1, 0.15) is 59.3 Å². The molecule has 19 heavy (non-hydrogen) atoms. The zero-order chi connectivity index (χ0) is 13.7. The molecule has 2 heteroatoms. The van der Waals surface area contributed by atoms with Crippen LogP contribution in [0.25, 0.3) is 0 Å². The molecule has 0 aliphatic carbocycles. The van der Waals surface area contributed by atoms with Gasteiger partial charge in [-0.05, 0) is 50.0 Å². The molecule has 0 spiro atoms. The van der Waals surface area contributed by atoms with Gasteiger partial charge in [-0.25, -0.2) is 0 Å². The van der Waals surface area contributed by atoms with Crippen LogP contribution in [0.4, 0.5) is 0 Å². The number of nitrogens with one attached hydrogen (secondary N) is 1. The summed E-state index contributed by atoms with van der Waals surface area (Å²) in [5, 5.41) is 4.25. The van der Waals surface area contributed by atoms with Crippen molar-refractivity contribution in [3.8, 4) is 0 Å². The Kier molecular flexibility index (Phi) is 5.87. The third kappa shape index (κ3) is 4.30. The SMILES string of the molecule is CCCCCCC1CCSC1C1=CC(C)NC(C)=C1. The molecule has 1 nitrogen and oxygen atoms in total. The largest absolute Gasteiger partial charge is 0.383 e. The van der Waals surface area contributed by atoms with Crippen molar-refractivity contribution < 1.29 is 0 Å². The van der Waals surface area contributed by atoms with Gasteiger partial charge in [0.1, 0.15) is 0 Å². The molecule has 1 N–H and O–H groups in total. The van der Waals surface area contributed by atoms with E-state index in [1.54, 1.807) is 5.57 Å². The highest BCUT2D eigenvalue weighted by Crippen LogP contribution is 2.41. The number of rotatable bonds is 6. The van der Waals surface area contributed by atoms with E-state index >= 15 is 0 Å². The second-order valence-corrected chi connectivity index (χ2v) is 7.37. The Morgan fingerprint density at radius 3 is 2.89 bits per heavy atom.